The van der Waals surface area contributed by atoms with Gasteiger partial charge in [-0.15, -0.1) is 0 Å². The molecule has 0 saturated carbocycles. The predicted octanol–water partition coefficient (Wildman–Crippen LogP) is 4.55. The molecule has 0 aliphatic carbocycles. The van der Waals surface area contributed by atoms with Gasteiger partial charge < -0.3 is 9.80 Å². The summed E-state index contributed by atoms with van der Waals surface area (Å²) in [5, 5.41) is 0.973. The third kappa shape index (κ3) is 6.53. The fraction of sp³-hybridized carbons (Fsp3) is 0.609. The number of aromatic nitrogens is 2. The second-order valence-corrected chi connectivity index (χ2v) is 10.3. The SMILES string of the molecule is Cc1ccc(Cc2nsc(N3CCN(C(=O)CC(C)CC(C)(C)C)CC3)n2)cc1. The first kappa shape index (κ1) is 21.8. The summed E-state index contributed by atoms with van der Waals surface area (Å²) in [5.41, 5.74) is 2.77. The summed E-state index contributed by atoms with van der Waals surface area (Å²) in [5.74, 6) is 1.59. The van der Waals surface area contributed by atoms with Gasteiger partial charge in [0.1, 0.15) is 5.82 Å². The number of hydrogen-bond acceptors (Lipinski definition) is 5. The highest BCUT2D eigenvalue weighted by atomic mass is 32.1. The van der Waals surface area contributed by atoms with Crippen molar-refractivity contribution in [1.29, 1.82) is 0 Å². The number of aryl methyl sites for hydroxylation is 1. The topological polar surface area (TPSA) is 49.3 Å². The Hall–Kier alpha value is -1.95. The van der Waals surface area contributed by atoms with Crippen LogP contribution in [0.4, 0.5) is 5.13 Å². The highest BCUT2D eigenvalue weighted by Crippen LogP contribution is 2.27. The van der Waals surface area contributed by atoms with E-state index in [0.29, 0.717) is 18.2 Å². The second kappa shape index (κ2) is 9.24. The number of piperazine rings is 1. The number of nitrogens with zero attached hydrogens (tertiary/aromatic N) is 4. The van der Waals surface area contributed by atoms with Gasteiger partial charge in [0.2, 0.25) is 11.0 Å². The largest absolute Gasteiger partial charge is 0.343 e. The molecule has 1 aromatic heterocycles. The lowest BCUT2D eigenvalue weighted by Gasteiger charge is -2.35. The van der Waals surface area contributed by atoms with Gasteiger partial charge in [0.25, 0.3) is 0 Å². The summed E-state index contributed by atoms with van der Waals surface area (Å²) in [6.07, 6.45) is 2.49. The van der Waals surface area contributed by atoms with Gasteiger partial charge in [-0.25, -0.2) is 4.98 Å². The molecule has 1 unspecified atom stereocenters. The van der Waals surface area contributed by atoms with Crippen molar-refractivity contribution in [1.82, 2.24) is 14.3 Å². The van der Waals surface area contributed by atoms with Crippen LogP contribution in [0.3, 0.4) is 0 Å². The lowest BCUT2D eigenvalue weighted by atomic mass is 9.84. The van der Waals surface area contributed by atoms with Gasteiger partial charge in [0, 0.05) is 50.6 Å². The quantitative estimate of drug-likeness (QED) is 0.696. The molecule has 5 nitrogen and oxygen atoms in total. The van der Waals surface area contributed by atoms with E-state index >= 15 is 0 Å². The number of carbonyl (C=O) groups is 1. The van der Waals surface area contributed by atoms with Crippen molar-refractivity contribution >= 4 is 22.6 Å². The van der Waals surface area contributed by atoms with E-state index in [1.165, 1.54) is 22.7 Å². The summed E-state index contributed by atoms with van der Waals surface area (Å²) in [6.45, 7) is 14.2. The van der Waals surface area contributed by atoms with E-state index in [9.17, 15) is 4.79 Å². The Morgan fingerprint density at radius 3 is 2.41 bits per heavy atom. The van der Waals surface area contributed by atoms with Gasteiger partial charge in [-0.1, -0.05) is 57.5 Å². The summed E-state index contributed by atoms with van der Waals surface area (Å²) in [4.78, 5) is 21.7. The van der Waals surface area contributed by atoms with Gasteiger partial charge in [-0.2, -0.15) is 4.37 Å². The Labute approximate surface area is 179 Å². The molecule has 3 rings (SSSR count). The molecule has 158 valence electrons. The van der Waals surface area contributed by atoms with Crippen LogP contribution < -0.4 is 4.90 Å². The van der Waals surface area contributed by atoms with E-state index in [1.807, 2.05) is 4.90 Å². The van der Waals surface area contributed by atoms with Gasteiger partial charge in [0.15, 0.2) is 0 Å². The molecule has 1 saturated heterocycles. The lowest BCUT2D eigenvalue weighted by Crippen LogP contribution is -2.49. The lowest BCUT2D eigenvalue weighted by molar-refractivity contribution is -0.132. The molecule has 2 heterocycles. The Balaban J connectivity index is 1.48. The highest BCUT2D eigenvalue weighted by molar-refractivity contribution is 7.09. The maximum absolute atomic E-state index is 12.7. The van der Waals surface area contributed by atoms with E-state index in [0.717, 1.165) is 50.0 Å². The minimum Gasteiger partial charge on any atom is -0.343 e. The average molecular weight is 415 g/mol. The minimum atomic E-state index is 0.270. The molecule has 6 heteroatoms. The van der Waals surface area contributed by atoms with Crippen molar-refractivity contribution in [3.63, 3.8) is 0 Å². The summed E-state index contributed by atoms with van der Waals surface area (Å²) >= 11 is 1.47. The third-order valence-corrected chi connectivity index (χ3v) is 6.14. The van der Waals surface area contributed by atoms with E-state index in [-0.39, 0.29) is 5.41 Å². The average Bonchev–Trinajstić information content (AvgIpc) is 3.10. The van der Waals surface area contributed by atoms with E-state index in [4.69, 9.17) is 4.98 Å². The maximum Gasteiger partial charge on any atom is 0.222 e. The Morgan fingerprint density at radius 2 is 1.79 bits per heavy atom. The molecule has 1 fully saturated rings. The number of hydrogen-bond donors (Lipinski definition) is 0. The van der Waals surface area contributed by atoms with Crippen LogP contribution in [0.1, 0.15) is 57.5 Å². The first-order valence-corrected chi connectivity index (χ1v) is 11.4. The van der Waals surface area contributed by atoms with Gasteiger partial charge in [-0.05, 0) is 30.2 Å². The van der Waals surface area contributed by atoms with E-state index < -0.39 is 0 Å². The summed E-state index contributed by atoms with van der Waals surface area (Å²) in [7, 11) is 0. The summed E-state index contributed by atoms with van der Waals surface area (Å²) in [6, 6.07) is 8.53. The molecule has 0 radical (unpaired) electrons. The molecule has 0 spiro atoms. The number of benzene rings is 1. The molecule has 1 aliphatic rings. The van der Waals surface area contributed by atoms with Crippen LogP contribution in [0, 0.1) is 18.3 Å². The Kier molecular flexibility index (Phi) is 6.93. The number of anilines is 1. The van der Waals surface area contributed by atoms with Crippen molar-refractivity contribution in [2.75, 3.05) is 31.1 Å². The normalized spacial score (nSPS) is 16.2. The van der Waals surface area contributed by atoms with Crippen LogP contribution >= 0.6 is 11.5 Å². The highest BCUT2D eigenvalue weighted by Gasteiger charge is 2.25. The Bertz CT molecular complexity index is 801. The van der Waals surface area contributed by atoms with Gasteiger partial charge >= 0.3 is 0 Å². The third-order valence-electron chi connectivity index (χ3n) is 5.33. The van der Waals surface area contributed by atoms with Crippen LogP contribution in [0.15, 0.2) is 24.3 Å². The molecule has 1 aromatic carbocycles. The molecule has 1 aliphatic heterocycles. The van der Waals surface area contributed by atoms with Crippen LogP contribution in [0.5, 0.6) is 0 Å². The smallest absolute Gasteiger partial charge is 0.222 e. The van der Waals surface area contributed by atoms with E-state index in [1.54, 1.807) is 0 Å². The minimum absolute atomic E-state index is 0.270. The molecule has 1 atom stereocenters. The van der Waals surface area contributed by atoms with E-state index in [2.05, 4.69) is 68.2 Å². The van der Waals surface area contributed by atoms with Crippen molar-refractivity contribution in [3.05, 3.63) is 41.2 Å². The zero-order valence-corrected chi connectivity index (χ0v) is 19.3. The fourth-order valence-corrected chi connectivity index (χ4v) is 4.76. The molecule has 0 bridgehead atoms. The first-order valence-electron chi connectivity index (χ1n) is 10.6. The summed E-state index contributed by atoms with van der Waals surface area (Å²) < 4.78 is 4.54. The van der Waals surface area contributed by atoms with Crippen molar-refractivity contribution in [3.8, 4) is 0 Å². The van der Waals surface area contributed by atoms with Crippen LogP contribution in [0.25, 0.3) is 0 Å². The zero-order chi connectivity index (χ0) is 21.0. The molecule has 1 amide bonds. The molecule has 29 heavy (non-hydrogen) atoms. The van der Waals surface area contributed by atoms with Crippen molar-refractivity contribution in [2.24, 2.45) is 11.3 Å². The first-order chi connectivity index (χ1) is 13.7. The van der Waals surface area contributed by atoms with Crippen LogP contribution in [-0.2, 0) is 11.2 Å². The van der Waals surface area contributed by atoms with Crippen molar-refractivity contribution in [2.45, 2.75) is 53.9 Å². The molecule has 2 aromatic rings. The fourth-order valence-electron chi connectivity index (χ4n) is 4.03. The number of carbonyl (C=O) groups excluding carboxylic acids is 1. The predicted molar refractivity (Wildman–Crippen MR) is 121 cm³/mol. The van der Waals surface area contributed by atoms with Crippen molar-refractivity contribution < 1.29 is 4.79 Å². The molecular weight excluding hydrogens is 380 g/mol. The Morgan fingerprint density at radius 1 is 1.14 bits per heavy atom. The second-order valence-electron chi connectivity index (χ2n) is 9.60. The molecular formula is C23H34N4OS. The maximum atomic E-state index is 12.7. The number of amides is 1. The number of rotatable bonds is 6. The monoisotopic (exact) mass is 414 g/mol. The zero-order valence-electron chi connectivity index (χ0n) is 18.4. The van der Waals surface area contributed by atoms with Gasteiger partial charge in [0.05, 0.1) is 0 Å². The van der Waals surface area contributed by atoms with Gasteiger partial charge in [-0.3, -0.25) is 4.79 Å². The van der Waals surface area contributed by atoms with Crippen LogP contribution in [-0.4, -0.2) is 46.3 Å². The molecule has 0 N–H and O–H groups in total. The van der Waals surface area contributed by atoms with Crippen LogP contribution in [0.2, 0.25) is 0 Å². The standard InChI is InChI=1S/C23H34N4OS/c1-17-6-8-19(9-7-17)15-20-24-22(29-25-20)27-12-10-26(11-13-27)21(28)14-18(2)16-23(3,4)5/h6-9,18H,10-16H2,1-5H3.